The SMILES string of the molecule is COC(CNC1CCCCC1CNC(=O)OC(C)(C)C)OC. The normalized spacial score (nSPS) is 22.6. The molecule has 1 aliphatic rings. The van der Waals surface area contributed by atoms with Crippen LogP contribution in [0.15, 0.2) is 0 Å². The lowest BCUT2D eigenvalue weighted by Gasteiger charge is -2.33. The largest absolute Gasteiger partial charge is 0.444 e. The third kappa shape index (κ3) is 7.42. The van der Waals surface area contributed by atoms with Gasteiger partial charge in [0.15, 0.2) is 6.29 Å². The Morgan fingerprint density at radius 2 is 1.82 bits per heavy atom. The number of methoxy groups -OCH3 is 2. The van der Waals surface area contributed by atoms with Crippen molar-refractivity contribution < 1.29 is 19.0 Å². The molecule has 6 heteroatoms. The predicted octanol–water partition coefficient (Wildman–Crippen LogP) is 2.28. The maximum atomic E-state index is 11.8. The van der Waals surface area contributed by atoms with Gasteiger partial charge < -0.3 is 24.8 Å². The van der Waals surface area contributed by atoms with E-state index in [9.17, 15) is 4.79 Å². The molecule has 0 aromatic rings. The molecule has 130 valence electrons. The smallest absolute Gasteiger partial charge is 0.407 e. The van der Waals surface area contributed by atoms with Gasteiger partial charge in [-0.2, -0.15) is 0 Å². The molecular weight excluding hydrogens is 284 g/mol. The summed E-state index contributed by atoms with van der Waals surface area (Å²) in [6.45, 7) is 6.89. The van der Waals surface area contributed by atoms with Crippen molar-refractivity contribution in [1.82, 2.24) is 10.6 Å². The summed E-state index contributed by atoms with van der Waals surface area (Å²) in [7, 11) is 3.27. The fraction of sp³-hybridized carbons (Fsp3) is 0.938. The second-order valence-corrected chi connectivity index (χ2v) is 6.84. The number of nitrogens with one attached hydrogen (secondary N) is 2. The molecule has 0 heterocycles. The molecule has 0 aromatic carbocycles. The molecule has 0 aliphatic heterocycles. The van der Waals surface area contributed by atoms with E-state index < -0.39 is 5.60 Å². The molecule has 1 saturated carbocycles. The average molecular weight is 316 g/mol. The van der Waals surface area contributed by atoms with Crippen molar-refractivity contribution in [2.75, 3.05) is 27.3 Å². The Bertz CT molecular complexity index is 327. The molecule has 1 amide bonds. The second-order valence-electron chi connectivity index (χ2n) is 6.84. The Balaban J connectivity index is 2.39. The summed E-state index contributed by atoms with van der Waals surface area (Å²) in [5.41, 5.74) is -0.460. The number of alkyl carbamates (subject to hydrolysis) is 1. The van der Waals surface area contributed by atoms with Gasteiger partial charge in [-0.15, -0.1) is 0 Å². The maximum Gasteiger partial charge on any atom is 0.407 e. The van der Waals surface area contributed by atoms with Crippen molar-refractivity contribution in [2.45, 2.75) is 64.4 Å². The van der Waals surface area contributed by atoms with Gasteiger partial charge in [-0.1, -0.05) is 12.8 Å². The zero-order chi connectivity index (χ0) is 16.6. The summed E-state index contributed by atoms with van der Waals surface area (Å²) in [5, 5.41) is 6.39. The number of carbonyl (C=O) groups is 1. The van der Waals surface area contributed by atoms with Crippen molar-refractivity contribution in [2.24, 2.45) is 5.92 Å². The molecule has 1 aliphatic carbocycles. The monoisotopic (exact) mass is 316 g/mol. The highest BCUT2D eigenvalue weighted by molar-refractivity contribution is 5.67. The number of amides is 1. The molecule has 2 atom stereocenters. The molecule has 0 radical (unpaired) electrons. The fourth-order valence-electron chi connectivity index (χ4n) is 2.76. The predicted molar refractivity (Wildman–Crippen MR) is 85.8 cm³/mol. The quantitative estimate of drug-likeness (QED) is 0.705. The van der Waals surface area contributed by atoms with E-state index in [0.29, 0.717) is 25.0 Å². The van der Waals surface area contributed by atoms with E-state index in [1.165, 1.54) is 12.8 Å². The van der Waals surface area contributed by atoms with Gasteiger partial charge in [-0.05, 0) is 39.5 Å². The molecule has 22 heavy (non-hydrogen) atoms. The number of hydrogen-bond acceptors (Lipinski definition) is 5. The molecule has 0 aromatic heterocycles. The van der Waals surface area contributed by atoms with Crippen LogP contribution in [0.25, 0.3) is 0 Å². The van der Waals surface area contributed by atoms with Crippen molar-refractivity contribution >= 4 is 6.09 Å². The van der Waals surface area contributed by atoms with Gasteiger partial charge in [0.05, 0.1) is 0 Å². The van der Waals surface area contributed by atoms with Gasteiger partial charge in [-0.3, -0.25) is 0 Å². The molecule has 2 unspecified atom stereocenters. The van der Waals surface area contributed by atoms with Crippen molar-refractivity contribution in [1.29, 1.82) is 0 Å². The third-order valence-electron chi connectivity index (χ3n) is 3.89. The Kier molecular flexibility index (Phi) is 8.14. The lowest BCUT2D eigenvalue weighted by Crippen LogP contribution is -2.47. The average Bonchev–Trinajstić information content (AvgIpc) is 2.45. The van der Waals surface area contributed by atoms with Crippen LogP contribution in [0.5, 0.6) is 0 Å². The first-order valence-corrected chi connectivity index (χ1v) is 8.11. The Morgan fingerprint density at radius 1 is 1.18 bits per heavy atom. The summed E-state index contributed by atoms with van der Waals surface area (Å²) in [4.78, 5) is 11.8. The number of ether oxygens (including phenoxy) is 3. The van der Waals surface area contributed by atoms with Crippen LogP contribution in [-0.2, 0) is 14.2 Å². The van der Waals surface area contributed by atoms with Crippen LogP contribution in [0.4, 0.5) is 4.79 Å². The molecular formula is C16H32N2O4. The maximum absolute atomic E-state index is 11.8. The fourth-order valence-corrected chi connectivity index (χ4v) is 2.76. The summed E-state index contributed by atoms with van der Waals surface area (Å²) in [5.74, 6) is 0.413. The van der Waals surface area contributed by atoms with E-state index in [1.807, 2.05) is 20.8 Å². The lowest BCUT2D eigenvalue weighted by molar-refractivity contribution is -0.101. The molecule has 2 N–H and O–H groups in total. The van der Waals surface area contributed by atoms with Gasteiger partial charge in [0, 0.05) is 33.4 Å². The zero-order valence-electron chi connectivity index (χ0n) is 14.6. The Morgan fingerprint density at radius 3 is 2.41 bits per heavy atom. The minimum atomic E-state index is -0.460. The molecule has 0 saturated heterocycles. The van der Waals surface area contributed by atoms with E-state index in [4.69, 9.17) is 14.2 Å². The van der Waals surface area contributed by atoms with E-state index in [-0.39, 0.29) is 12.4 Å². The van der Waals surface area contributed by atoms with Gasteiger partial charge >= 0.3 is 6.09 Å². The zero-order valence-corrected chi connectivity index (χ0v) is 14.6. The van der Waals surface area contributed by atoms with Gasteiger partial charge in [0.25, 0.3) is 0 Å². The molecule has 0 bridgehead atoms. The van der Waals surface area contributed by atoms with Gasteiger partial charge in [0.1, 0.15) is 5.60 Å². The number of rotatable bonds is 7. The third-order valence-corrected chi connectivity index (χ3v) is 3.89. The number of hydrogen-bond donors (Lipinski definition) is 2. The van der Waals surface area contributed by atoms with E-state index >= 15 is 0 Å². The van der Waals surface area contributed by atoms with Crippen LogP contribution in [-0.4, -0.2) is 51.3 Å². The Labute approximate surface area is 134 Å². The minimum absolute atomic E-state index is 0.235. The number of carbonyl (C=O) groups excluding carboxylic acids is 1. The first-order valence-electron chi connectivity index (χ1n) is 8.11. The highest BCUT2D eigenvalue weighted by atomic mass is 16.7. The minimum Gasteiger partial charge on any atom is -0.444 e. The van der Waals surface area contributed by atoms with Gasteiger partial charge in [0.2, 0.25) is 0 Å². The van der Waals surface area contributed by atoms with E-state index in [1.54, 1.807) is 14.2 Å². The summed E-state index contributed by atoms with van der Waals surface area (Å²) >= 11 is 0. The molecule has 6 nitrogen and oxygen atoms in total. The summed E-state index contributed by atoms with van der Waals surface area (Å²) in [6.07, 6.45) is 4.06. The Hall–Kier alpha value is -0.850. The van der Waals surface area contributed by atoms with E-state index in [2.05, 4.69) is 10.6 Å². The summed E-state index contributed by atoms with van der Waals surface area (Å²) < 4.78 is 15.7. The highest BCUT2D eigenvalue weighted by Crippen LogP contribution is 2.24. The lowest BCUT2D eigenvalue weighted by atomic mass is 9.84. The van der Waals surface area contributed by atoms with Crippen molar-refractivity contribution in [3.05, 3.63) is 0 Å². The van der Waals surface area contributed by atoms with Crippen molar-refractivity contribution in [3.63, 3.8) is 0 Å². The van der Waals surface area contributed by atoms with E-state index in [0.717, 1.165) is 12.8 Å². The van der Waals surface area contributed by atoms with Crippen LogP contribution in [0.2, 0.25) is 0 Å². The highest BCUT2D eigenvalue weighted by Gasteiger charge is 2.26. The molecule has 0 spiro atoms. The van der Waals surface area contributed by atoms with Crippen LogP contribution in [0, 0.1) is 5.92 Å². The van der Waals surface area contributed by atoms with Crippen LogP contribution >= 0.6 is 0 Å². The van der Waals surface area contributed by atoms with Crippen LogP contribution < -0.4 is 10.6 Å². The van der Waals surface area contributed by atoms with Crippen LogP contribution in [0.1, 0.15) is 46.5 Å². The standard InChI is InChI=1S/C16H32N2O4/c1-16(2,3)22-15(19)18-10-12-8-6-7-9-13(12)17-11-14(20-4)21-5/h12-14,17H,6-11H2,1-5H3,(H,18,19). The topological polar surface area (TPSA) is 68.8 Å². The van der Waals surface area contributed by atoms with Crippen molar-refractivity contribution in [3.8, 4) is 0 Å². The first-order chi connectivity index (χ1) is 10.4. The second kappa shape index (κ2) is 9.33. The first kappa shape index (κ1) is 19.2. The van der Waals surface area contributed by atoms with Crippen LogP contribution in [0.3, 0.4) is 0 Å². The molecule has 1 rings (SSSR count). The molecule has 1 fully saturated rings. The summed E-state index contributed by atoms with van der Waals surface area (Å²) in [6, 6.07) is 0.372. The van der Waals surface area contributed by atoms with Gasteiger partial charge in [-0.25, -0.2) is 4.79 Å².